The van der Waals surface area contributed by atoms with Crippen LogP contribution < -0.4 is 0 Å². The number of fused-ring (bicyclic) bond motifs is 1. The van der Waals surface area contributed by atoms with E-state index < -0.39 is 29.7 Å². The molecule has 0 fully saturated rings. The maximum absolute atomic E-state index is 12.7. The first-order chi connectivity index (χ1) is 14.0. The van der Waals surface area contributed by atoms with E-state index in [4.69, 9.17) is 0 Å². The van der Waals surface area contributed by atoms with Crippen LogP contribution in [0.1, 0.15) is 32.3 Å². The first-order valence-electron chi connectivity index (χ1n) is 8.52. The number of amides is 1. The number of hydrogen-bond donors (Lipinski definition) is 0. The van der Waals surface area contributed by atoms with E-state index in [1.165, 1.54) is 16.2 Å². The molecule has 1 amide bonds. The van der Waals surface area contributed by atoms with Gasteiger partial charge in [-0.3, -0.25) is 4.79 Å². The Bertz CT molecular complexity index is 1080. The molecule has 4 rings (SSSR count). The molecule has 0 unspecified atom stereocenters. The van der Waals surface area contributed by atoms with E-state index in [-0.39, 0.29) is 17.9 Å². The molecule has 0 saturated heterocycles. The zero-order valence-corrected chi connectivity index (χ0v) is 15.7. The van der Waals surface area contributed by atoms with Gasteiger partial charge in [-0.25, -0.2) is 0 Å². The topological polar surface area (TPSA) is 59.2 Å². The molecule has 0 N–H and O–H groups in total. The third-order valence-corrected chi connectivity index (χ3v) is 5.73. The third-order valence-electron chi connectivity index (χ3n) is 4.50. The monoisotopic (exact) mass is 447 g/mol. The Hall–Kier alpha value is -2.89. The molecule has 158 valence electrons. The standard InChI is InChI=1S/C18H11F6N3O2S/c19-17(20,21)11-3-1-9(2-4-11)15(28)27-6-5-12-10(8-27)7-13(30-12)14-25-16(29-26-14)18(22,23)24/h1-4,7H,5-6,8H2. The van der Waals surface area contributed by atoms with Crippen LogP contribution in [0.4, 0.5) is 26.3 Å². The summed E-state index contributed by atoms with van der Waals surface area (Å²) in [7, 11) is 0. The minimum atomic E-state index is -4.74. The predicted octanol–water partition coefficient (Wildman–Crippen LogP) is 5.03. The van der Waals surface area contributed by atoms with Crippen molar-refractivity contribution in [3.05, 3.63) is 57.8 Å². The van der Waals surface area contributed by atoms with E-state index in [0.29, 0.717) is 17.8 Å². The number of rotatable bonds is 2. The summed E-state index contributed by atoms with van der Waals surface area (Å²) in [6.07, 6.45) is -8.78. The Morgan fingerprint density at radius 1 is 1.07 bits per heavy atom. The van der Waals surface area contributed by atoms with E-state index in [2.05, 4.69) is 14.7 Å². The largest absolute Gasteiger partial charge is 0.471 e. The summed E-state index contributed by atoms with van der Waals surface area (Å²) in [5.74, 6) is -2.06. The average Bonchev–Trinajstić information content (AvgIpc) is 3.33. The Labute approximate surface area is 168 Å². The molecular formula is C18H11F6N3O2S. The number of halogens is 6. The summed E-state index contributed by atoms with van der Waals surface area (Å²) >= 11 is 1.21. The lowest BCUT2D eigenvalue weighted by Gasteiger charge is -2.27. The number of benzene rings is 1. The second-order valence-corrected chi connectivity index (χ2v) is 7.67. The van der Waals surface area contributed by atoms with Crippen LogP contribution in [0.3, 0.4) is 0 Å². The molecule has 0 spiro atoms. The van der Waals surface area contributed by atoms with E-state index in [0.717, 1.165) is 34.7 Å². The van der Waals surface area contributed by atoms with Crippen molar-refractivity contribution >= 4 is 17.2 Å². The SMILES string of the molecule is O=C(c1ccc(C(F)(F)F)cc1)N1CCc2sc(-c3noc(C(F)(F)F)n3)cc2C1. The smallest absolute Gasteiger partial charge is 0.334 e. The number of alkyl halides is 6. The maximum atomic E-state index is 12.7. The zero-order chi connectivity index (χ0) is 21.7. The van der Waals surface area contributed by atoms with Gasteiger partial charge >= 0.3 is 18.2 Å². The quantitative estimate of drug-likeness (QED) is 0.517. The Balaban J connectivity index is 1.51. The lowest BCUT2D eigenvalue weighted by atomic mass is 10.1. The number of carbonyl (C=O) groups is 1. The van der Waals surface area contributed by atoms with Gasteiger partial charge in [-0.1, -0.05) is 5.16 Å². The van der Waals surface area contributed by atoms with Gasteiger partial charge in [0.15, 0.2) is 0 Å². The molecule has 0 atom stereocenters. The Morgan fingerprint density at radius 3 is 2.37 bits per heavy atom. The molecule has 0 radical (unpaired) electrons. The van der Waals surface area contributed by atoms with Gasteiger partial charge in [-0.05, 0) is 42.3 Å². The highest BCUT2D eigenvalue weighted by Crippen LogP contribution is 2.36. The molecule has 30 heavy (non-hydrogen) atoms. The van der Waals surface area contributed by atoms with E-state index >= 15 is 0 Å². The van der Waals surface area contributed by atoms with Crippen LogP contribution in [0.2, 0.25) is 0 Å². The first-order valence-corrected chi connectivity index (χ1v) is 9.33. The molecule has 5 nitrogen and oxygen atoms in total. The van der Waals surface area contributed by atoms with Gasteiger partial charge in [0.1, 0.15) is 0 Å². The number of thiophene rings is 1. The summed E-state index contributed by atoms with van der Waals surface area (Å²) in [6.45, 7) is 0.503. The van der Waals surface area contributed by atoms with Gasteiger partial charge in [0.05, 0.1) is 10.4 Å². The fourth-order valence-corrected chi connectivity index (χ4v) is 4.13. The Morgan fingerprint density at radius 2 is 1.77 bits per heavy atom. The van der Waals surface area contributed by atoms with E-state index in [9.17, 15) is 31.1 Å². The highest BCUT2D eigenvalue weighted by molar-refractivity contribution is 7.15. The van der Waals surface area contributed by atoms with Gasteiger partial charge in [0.25, 0.3) is 5.91 Å². The van der Waals surface area contributed by atoms with Crippen LogP contribution >= 0.6 is 11.3 Å². The fraction of sp³-hybridized carbons (Fsp3) is 0.278. The van der Waals surface area contributed by atoms with Crippen molar-refractivity contribution in [3.63, 3.8) is 0 Å². The van der Waals surface area contributed by atoms with Crippen LogP contribution in [0, 0.1) is 0 Å². The number of carbonyl (C=O) groups excluding carboxylic acids is 1. The van der Waals surface area contributed by atoms with Crippen LogP contribution in [0.25, 0.3) is 10.7 Å². The maximum Gasteiger partial charge on any atom is 0.471 e. The highest BCUT2D eigenvalue weighted by Gasteiger charge is 2.39. The van der Waals surface area contributed by atoms with Crippen molar-refractivity contribution in [3.8, 4) is 10.7 Å². The molecule has 0 aliphatic carbocycles. The normalized spacial score (nSPS) is 14.7. The molecule has 3 heterocycles. The van der Waals surface area contributed by atoms with Gasteiger partial charge in [0.2, 0.25) is 5.82 Å². The molecule has 1 aliphatic heterocycles. The van der Waals surface area contributed by atoms with E-state index in [1.807, 2.05) is 0 Å². The summed E-state index contributed by atoms with van der Waals surface area (Å²) in [4.78, 5) is 18.7. The lowest BCUT2D eigenvalue weighted by Crippen LogP contribution is -2.35. The molecule has 2 aromatic heterocycles. The Kier molecular flexibility index (Phi) is 4.83. The minimum Gasteiger partial charge on any atom is -0.334 e. The third kappa shape index (κ3) is 3.91. The minimum absolute atomic E-state index is 0.120. The molecule has 3 aromatic rings. The molecular weight excluding hydrogens is 436 g/mol. The van der Waals surface area contributed by atoms with Crippen molar-refractivity contribution in [2.45, 2.75) is 25.3 Å². The number of nitrogens with zero attached hydrogens (tertiary/aromatic N) is 3. The summed E-state index contributed by atoms with van der Waals surface area (Å²) in [6, 6.07) is 5.53. The summed E-state index contributed by atoms with van der Waals surface area (Å²) in [5.41, 5.74) is -0.00412. The van der Waals surface area contributed by atoms with Gasteiger partial charge in [0, 0.05) is 23.5 Å². The predicted molar refractivity (Wildman–Crippen MR) is 92.5 cm³/mol. The highest BCUT2D eigenvalue weighted by atomic mass is 32.1. The molecule has 1 aliphatic rings. The van der Waals surface area contributed by atoms with Crippen LogP contribution in [-0.4, -0.2) is 27.5 Å². The zero-order valence-electron chi connectivity index (χ0n) is 14.8. The second-order valence-electron chi connectivity index (χ2n) is 6.53. The second kappa shape index (κ2) is 7.11. The van der Waals surface area contributed by atoms with Crippen LogP contribution in [0.15, 0.2) is 34.9 Å². The van der Waals surface area contributed by atoms with Crippen molar-refractivity contribution < 1.29 is 35.7 Å². The van der Waals surface area contributed by atoms with Gasteiger partial charge in [-0.2, -0.15) is 31.3 Å². The summed E-state index contributed by atoms with van der Waals surface area (Å²) in [5, 5.41) is 3.36. The summed E-state index contributed by atoms with van der Waals surface area (Å²) < 4.78 is 80.2. The number of aromatic nitrogens is 2. The average molecular weight is 447 g/mol. The van der Waals surface area contributed by atoms with Crippen LogP contribution in [-0.2, 0) is 25.3 Å². The lowest BCUT2D eigenvalue weighted by molar-refractivity contribution is -0.159. The van der Waals surface area contributed by atoms with Gasteiger partial charge in [-0.15, -0.1) is 11.3 Å². The molecule has 0 saturated carbocycles. The van der Waals surface area contributed by atoms with Crippen molar-refractivity contribution in [2.75, 3.05) is 6.54 Å². The molecule has 12 heteroatoms. The number of hydrogen-bond acceptors (Lipinski definition) is 5. The van der Waals surface area contributed by atoms with Crippen molar-refractivity contribution in [1.29, 1.82) is 0 Å². The molecule has 0 bridgehead atoms. The van der Waals surface area contributed by atoms with Crippen LogP contribution in [0.5, 0.6) is 0 Å². The van der Waals surface area contributed by atoms with E-state index in [1.54, 1.807) is 6.07 Å². The first kappa shape index (κ1) is 20.4. The van der Waals surface area contributed by atoms with Crippen molar-refractivity contribution in [1.82, 2.24) is 15.0 Å². The molecule has 1 aromatic carbocycles. The fourth-order valence-electron chi connectivity index (χ4n) is 3.04. The van der Waals surface area contributed by atoms with Crippen molar-refractivity contribution in [2.24, 2.45) is 0 Å². The van der Waals surface area contributed by atoms with Gasteiger partial charge < -0.3 is 9.42 Å².